The molecule has 0 unspecified atom stereocenters. The summed E-state index contributed by atoms with van der Waals surface area (Å²) in [5.41, 5.74) is 1.76. The molecule has 1 aliphatic rings. The van der Waals surface area contributed by atoms with Gasteiger partial charge in [-0.15, -0.1) is 0 Å². The number of nitrogens with one attached hydrogen (secondary N) is 1. The summed E-state index contributed by atoms with van der Waals surface area (Å²) in [7, 11) is 0. The van der Waals surface area contributed by atoms with Crippen LogP contribution in [0.15, 0.2) is 42.5 Å². The summed E-state index contributed by atoms with van der Waals surface area (Å²) in [6.07, 6.45) is 2.08. The zero-order valence-electron chi connectivity index (χ0n) is 15.2. The van der Waals surface area contributed by atoms with E-state index < -0.39 is 11.6 Å². The third-order valence-corrected chi connectivity index (χ3v) is 4.90. The molecule has 0 radical (unpaired) electrons. The molecule has 2 aromatic carbocycles. The number of benzene rings is 2. The second-order valence-electron chi connectivity index (χ2n) is 6.94. The molecule has 27 heavy (non-hydrogen) atoms. The van der Waals surface area contributed by atoms with Crippen molar-refractivity contribution in [2.45, 2.75) is 26.2 Å². The lowest BCUT2D eigenvalue weighted by Crippen LogP contribution is -2.37. The molecule has 0 saturated carbocycles. The van der Waals surface area contributed by atoms with E-state index >= 15 is 0 Å². The molecule has 0 spiro atoms. The van der Waals surface area contributed by atoms with Crippen molar-refractivity contribution in [2.75, 3.05) is 18.4 Å². The SMILES string of the molecule is CC(=O)N1CCC(CC(=O)Nc2ccc(-c3cc(F)cc(F)c3)cc2)CC1. The normalized spacial score (nSPS) is 14.9. The van der Waals surface area contributed by atoms with Gasteiger partial charge in [0, 0.05) is 38.2 Å². The summed E-state index contributed by atoms with van der Waals surface area (Å²) >= 11 is 0. The van der Waals surface area contributed by atoms with Crippen molar-refractivity contribution in [1.82, 2.24) is 4.90 Å². The Morgan fingerprint density at radius 1 is 1.00 bits per heavy atom. The van der Waals surface area contributed by atoms with Crippen molar-refractivity contribution in [3.63, 3.8) is 0 Å². The van der Waals surface area contributed by atoms with Crippen LogP contribution in [0, 0.1) is 17.6 Å². The highest BCUT2D eigenvalue weighted by atomic mass is 19.1. The van der Waals surface area contributed by atoms with Crippen LogP contribution in [0.4, 0.5) is 14.5 Å². The number of piperidine rings is 1. The fraction of sp³-hybridized carbons (Fsp3) is 0.333. The number of nitrogens with zero attached hydrogens (tertiary/aromatic N) is 1. The Bertz CT molecular complexity index is 808. The standard InChI is InChI=1S/C21H22F2N2O2/c1-14(26)25-8-6-15(7-9-25)10-21(27)24-20-4-2-16(3-5-20)17-11-18(22)13-19(23)12-17/h2-5,11-13,15H,6-10H2,1H3,(H,24,27). The van der Waals surface area contributed by atoms with Gasteiger partial charge in [-0.1, -0.05) is 12.1 Å². The molecule has 3 rings (SSSR count). The number of hydrogen-bond acceptors (Lipinski definition) is 2. The van der Waals surface area contributed by atoms with Gasteiger partial charge >= 0.3 is 0 Å². The molecule has 0 aliphatic carbocycles. The first kappa shape index (κ1) is 19.0. The van der Waals surface area contributed by atoms with Crippen LogP contribution in [-0.2, 0) is 9.59 Å². The van der Waals surface area contributed by atoms with E-state index in [1.165, 1.54) is 12.1 Å². The van der Waals surface area contributed by atoms with E-state index in [1.54, 1.807) is 31.2 Å². The quantitative estimate of drug-likeness (QED) is 0.874. The van der Waals surface area contributed by atoms with Gasteiger partial charge in [-0.05, 0) is 54.2 Å². The first-order chi connectivity index (χ1) is 12.9. The van der Waals surface area contributed by atoms with E-state index in [0.717, 1.165) is 18.9 Å². The number of likely N-dealkylation sites (tertiary alicyclic amines) is 1. The van der Waals surface area contributed by atoms with Gasteiger partial charge in [-0.25, -0.2) is 8.78 Å². The van der Waals surface area contributed by atoms with Gasteiger partial charge in [0.05, 0.1) is 0 Å². The van der Waals surface area contributed by atoms with Crippen LogP contribution in [-0.4, -0.2) is 29.8 Å². The molecule has 2 amide bonds. The van der Waals surface area contributed by atoms with Crippen molar-refractivity contribution in [2.24, 2.45) is 5.92 Å². The van der Waals surface area contributed by atoms with E-state index in [-0.39, 0.29) is 17.7 Å². The van der Waals surface area contributed by atoms with Crippen LogP contribution in [0.1, 0.15) is 26.2 Å². The van der Waals surface area contributed by atoms with Crippen molar-refractivity contribution in [1.29, 1.82) is 0 Å². The minimum atomic E-state index is -0.627. The van der Waals surface area contributed by atoms with Crippen molar-refractivity contribution in [3.05, 3.63) is 54.1 Å². The van der Waals surface area contributed by atoms with Gasteiger partial charge in [0.25, 0.3) is 0 Å². The van der Waals surface area contributed by atoms with Crippen LogP contribution in [0.25, 0.3) is 11.1 Å². The van der Waals surface area contributed by atoms with Crippen LogP contribution in [0.5, 0.6) is 0 Å². The lowest BCUT2D eigenvalue weighted by atomic mass is 9.93. The molecule has 0 aromatic heterocycles. The van der Waals surface area contributed by atoms with Crippen LogP contribution >= 0.6 is 0 Å². The molecule has 1 saturated heterocycles. The predicted octanol–water partition coefficient (Wildman–Crippen LogP) is 4.22. The highest BCUT2D eigenvalue weighted by Gasteiger charge is 2.22. The molecule has 2 aromatic rings. The molecule has 0 bridgehead atoms. The van der Waals surface area contributed by atoms with E-state index in [1.807, 2.05) is 4.90 Å². The molecular formula is C21H22F2N2O2. The molecule has 6 heteroatoms. The summed E-state index contributed by atoms with van der Waals surface area (Å²) in [6, 6.07) is 10.2. The molecule has 0 atom stereocenters. The second kappa shape index (κ2) is 8.29. The third-order valence-electron chi connectivity index (χ3n) is 4.90. The van der Waals surface area contributed by atoms with Gasteiger partial charge in [-0.2, -0.15) is 0 Å². The third kappa shape index (κ3) is 5.12. The van der Waals surface area contributed by atoms with Crippen molar-refractivity contribution in [3.8, 4) is 11.1 Å². The number of carbonyl (C=O) groups excluding carboxylic acids is 2. The molecule has 1 heterocycles. The van der Waals surface area contributed by atoms with Crippen molar-refractivity contribution >= 4 is 17.5 Å². The average molecular weight is 372 g/mol. The largest absolute Gasteiger partial charge is 0.343 e. The summed E-state index contributed by atoms with van der Waals surface area (Å²) < 4.78 is 26.7. The summed E-state index contributed by atoms with van der Waals surface area (Å²) in [5.74, 6) is -0.969. The van der Waals surface area contributed by atoms with Gasteiger partial charge in [0.1, 0.15) is 11.6 Å². The first-order valence-corrected chi connectivity index (χ1v) is 9.02. The zero-order chi connectivity index (χ0) is 19.4. The van der Waals surface area contributed by atoms with Gasteiger partial charge in [0.15, 0.2) is 0 Å². The lowest BCUT2D eigenvalue weighted by molar-refractivity contribution is -0.130. The maximum absolute atomic E-state index is 13.3. The number of carbonyl (C=O) groups is 2. The average Bonchev–Trinajstić information content (AvgIpc) is 2.62. The molecule has 1 aliphatic heterocycles. The zero-order valence-corrected chi connectivity index (χ0v) is 15.2. The number of hydrogen-bond donors (Lipinski definition) is 1. The Balaban J connectivity index is 1.55. The highest BCUT2D eigenvalue weighted by molar-refractivity contribution is 5.91. The van der Waals surface area contributed by atoms with Crippen LogP contribution in [0.3, 0.4) is 0 Å². The number of rotatable bonds is 4. The minimum Gasteiger partial charge on any atom is -0.343 e. The van der Waals surface area contributed by atoms with Gasteiger partial charge < -0.3 is 10.2 Å². The second-order valence-corrected chi connectivity index (χ2v) is 6.94. The Labute approximate surface area is 157 Å². The smallest absolute Gasteiger partial charge is 0.224 e. The summed E-state index contributed by atoms with van der Waals surface area (Å²) in [6.45, 7) is 2.97. The van der Waals surface area contributed by atoms with Gasteiger partial charge in [-0.3, -0.25) is 9.59 Å². The number of halogens is 2. The molecular weight excluding hydrogens is 350 g/mol. The fourth-order valence-corrected chi connectivity index (χ4v) is 3.39. The number of amides is 2. The Kier molecular flexibility index (Phi) is 5.84. The van der Waals surface area contributed by atoms with Crippen LogP contribution < -0.4 is 5.32 Å². The Morgan fingerprint density at radius 2 is 1.59 bits per heavy atom. The lowest BCUT2D eigenvalue weighted by Gasteiger charge is -2.30. The highest BCUT2D eigenvalue weighted by Crippen LogP contribution is 2.24. The molecule has 1 N–H and O–H groups in total. The monoisotopic (exact) mass is 372 g/mol. The Hall–Kier alpha value is -2.76. The predicted molar refractivity (Wildman–Crippen MR) is 100 cm³/mol. The topological polar surface area (TPSA) is 49.4 Å². The molecule has 4 nitrogen and oxygen atoms in total. The van der Waals surface area contributed by atoms with E-state index in [2.05, 4.69) is 5.32 Å². The Morgan fingerprint density at radius 3 is 2.15 bits per heavy atom. The summed E-state index contributed by atoms with van der Waals surface area (Å²) in [5, 5.41) is 2.86. The maximum atomic E-state index is 13.3. The molecule has 142 valence electrons. The van der Waals surface area contributed by atoms with Crippen LogP contribution in [0.2, 0.25) is 0 Å². The summed E-state index contributed by atoms with van der Waals surface area (Å²) in [4.78, 5) is 25.4. The fourth-order valence-electron chi connectivity index (χ4n) is 3.39. The maximum Gasteiger partial charge on any atom is 0.224 e. The molecule has 1 fully saturated rings. The van der Waals surface area contributed by atoms with E-state index in [4.69, 9.17) is 0 Å². The van der Waals surface area contributed by atoms with E-state index in [9.17, 15) is 18.4 Å². The minimum absolute atomic E-state index is 0.0687. The van der Waals surface area contributed by atoms with E-state index in [0.29, 0.717) is 36.3 Å². The van der Waals surface area contributed by atoms with Crippen molar-refractivity contribution < 1.29 is 18.4 Å². The van der Waals surface area contributed by atoms with Gasteiger partial charge in [0.2, 0.25) is 11.8 Å². The first-order valence-electron chi connectivity index (χ1n) is 9.02. The number of anilines is 1.